The summed E-state index contributed by atoms with van der Waals surface area (Å²) in [6.07, 6.45) is 3.09. The highest BCUT2D eigenvalue weighted by atomic mass is 79.9. The average Bonchev–Trinajstić information content (AvgIpc) is 2.89. The molecular weight excluding hydrogens is 382 g/mol. The maximum absolute atomic E-state index is 6.13. The zero-order valence-corrected chi connectivity index (χ0v) is 15.6. The van der Waals surface area contributed by atoms with Crippen molar-refractivity contribution in [2.75, 3.05) is 17.7 Å². The molecule has 2 aromatic rings. The van der Waals surface area contributed by atoms with Gasteiger partial charge in [0, 0.05) is 29.0 Å². The lowest BCUT2D eigenvalue weighted by atomic mass is 9.97. The fourth-order valence-electron chi connectivity index (χ4n) is 2.95. The van der Waals surface area contributed by atoms with E-state index in [-0.39, 0.29) is 0 Å². The van der Waals surface area contributed by atoms with Crippen molar-refractivity contribution in [3.05, 3.63) is 45.5 Å². The van der Waals surface area contributed by atoms with Gasteiger partial charge in [-0.3, -0.25) is 0 Å². The van der Waals surface area contributed by atoms with Crippen molar-refractivity contribution in [1.29, 1.82) is 0 Å². The Balaban J connectivity index is 1.84. The third-order valence-electron chi connectivity index (χ3n) is 4.05. The molecule has 116 valence electrons. The van der Waals surface area contributed by atoms with Crippen LogP contribution in [0.4, 0.5) is 5.82 Å². The molecule has 1 fully saturated rings. The summed E-state index contributed by atoms with van der Waals surface area (Å²) in [5.41, 5.74) is 1.38. The second-order valence-corrected chi connectivity index (χ2v) is 7.60. The van der Waals surface area contributed by atoms with E-state index in [0.29, 0.717) is 17.1 Å². The SMILES string of the molecule is CSc1nc(Cl)cc(N2CC(c3ccc(Br)cc3)CC2C)n1. The molecule has 3 nitrogen and oxygen atoms in total. The Bertz CT molecular complexity index is 665. The van der Waals surface area contributed by atoms with Crippen LogP contribution in [0.2, 0.25) is 5.15 Å². The summed E-state index contributed by atoms with van der Waals surface area (Å²) in [6, 6.07) is 10.9. The van der Waals surface area contributed by atoms with Crippen LogP contribution in [-0.2, 0) is 0 Å². The summed E-state index contributed by atoms with van der Waals surface area (Å²) in [4.78, 5) is 11.2. The number of aromatic nitrogens is 2. The molecule has 22 heavy (non-hydrogen) atoms. The Labute approximate surface area is 148 Å². The van der Waals surface area contributed by atoms with Crippen molar-refractivity contribution >= 4 is 45.1 Å². The lowest BCUT2D eigenvalue weighted by molar-refractivity contribution is 0.694. The molecule has 1 saturated heterocycles. The zero-order valence-electron chi connectivity index (χ0n) is 12.5. The molecule has 1 aromatic carbocycles. The van der Waals surface area contributed by atoms with Crippen molar-refractivity contribution < 1.29 is 0 Å². The first kappa shape index (κ1) is 16.1. The van der Waals surface area contributed by atoms with E-state index in [0.717, 1.165) is 28.4 Å². The van der Waals surface area contributed by atoms with E-state index in [2.05, 4.69) is 62.0 Å². The number of hydrogen-bond acceptors (Lipinski definition) is 4. The molecule has 1 aliphatic heterocycles. The van der Waals surface area contributed by atoms with Gasteiger partial charge in [0.2, 0.25) is 0 Å². The van der Waals surface area contributed by atoms with Crippen LogP contribution in [0.5, 0.6) is 0 Å². The maximum Gasteiger partial charge on any atom is 0.190 e. The van der Waals surface area contributed by atoms with E-state index in [1.807, 2.05) is 12.3 Å². The zero-order chi connectivity index (χ0) is 15.7. The monoisotopic (exact) mass is 397 g/mol. The minimum Gasteiger partial charge on any atom is -0.353 e. The van der Waals surface area contributed by atoms with Gasteiger partial charge in [0.1, 0.15) is 11.0 Å². The molecule has 2 atom stereocenters. The fourth-order valence-corrected chi connectivity index (χ4v) is 3.82. The van der Waals surface area contributed by atoms with Gasteiger partial charge in [-0.25, -0.2) is 9.97 Å². The molecule has 0 bridgehead atoms. The first-order valence-corrected chi connectivity index (χ1v) is 9.57. The van der Waals surface area contributed by atoms with E-state index in [1.165, 1.54) is 17.3 Å². The second-order valence-electron chi connectivity index (χ2n) is 5.52. The molecule has 1 aliphatic rings. The minimum absolute atomic E-state index is 0.439. The van der Waals surface area contributed by atoms with E-state index in [1.54, 1.807) is 0 Å². The fraction of sp³-hybridized carbons (Fsp3) is 0.375. The van der Waals surface area contributed by atoms with Crippen molar-refractivity contribution in [2.24, 2.45) is 0 Å². The lowest BCUT2D eigenvalue weighted by Gasteiger charge is -2.23. The quantitative estimate of drug-likeness (QED) is 0.413. The van der Waals surface area contributed by atoms with Crippen LogP contribution in [0, 0.1) is 0 Å². The third-order valence-corrected chi connectivity index (χ3v) is 5.32. The Morgan fingerprint density at radius 3 is 2.68 bits per heavy atom. The average molecular weight is 399 g/mol. The predicted molar refractivity (Wildman–Crippen MR) is 97.1 cm³/mol. The van der Waals surface area contributed by atoms with Crippen molar-refractivity contribution in [2.45, 2.75) is 30.5 Å². The highest BCUT2D eigenvalue weighted by molar-refractivity contribution is 9.10. The number of benzene rings is 1. The van der Waals surface area contributed by atoms with Crippen LogP contribution in [0.15, 0.2) is 40.0 Å². The largest absolute Gasteiger partial charge is 0.353 e. The Kier molecular flexibility index (Phi) is 4.95. The summed E-state index contributed by atoms with van der Waals surface area (Å²) in [5.74, 6) is 1.45. The molecule has 0 amide bonds. The molecular formula is C16H17BrClN3S. The molecule has 0 N–H and O–H groups in total. The molecule has 1 aromatic heterocycles. The van der Waals surface area contributed by atoms with Gasteiger partial charge in [-0.15, -0.1) is 0 Å². The van der Waals surface area contributed by atoms with E-state index in [9.17, 15) is 0 Å². The van der Waals surface area contributed by atoms with E-state index < -0.39 is 0 Å². The lowest BCUT2D eigenvalue weighted by Crippen LogP contribution is -2.27. The topological polar surface area (TPSA) is 29.0 Å². The van der Waals surface area contributed by atoms with Crippen LogP contribution >= 0.6 is 39.3 Å². The number of anilines is 1. The first-order chi connectivity index (χ1) is 10.6. The van der Waals surface area contributed by atoms with Crippen molar-refractivity contribution in [3.63, 3.8) is 0 Å². The summed E-state index contributed by atoms with van der Waals surface area (Å²) in [6.45, 7) is 3.21. The summed E-state index contributed by atoms with van der Waals surface area (Å²) >= 11 is 11.1. The highest BCUT2D eigenvalue weighted by Crippen LogP contribution is 2.35. The smallest absolute Gasteiger partial charge is 0.190 e. The van der Waals surface area contributed by atoms with Gasteiger partial charge in [0.05, 0.1) is 0 Å². The van der Waals surface area contributed by atoms with Gasteiger partial charge in [-0.05, 0) is 37.3 Å². The number of rotatable bonds is 3. The Hall–Kier alpha value is -0.780. The summed E-state index contributed by atoms with van der Waals surface area (Å²) in [7, 11) is 0. The van der Waals surface area contributed by atoms with Gasteiger partial charge < -0.3 is 4.90 Å². The Morgan fingerprint density at radius 2 is 2.00 bits per heavy atom. The molecule has 6 heteroatoms. The van der Waals surface area contributed by atoms with Gasteiger partial charge in [-0.2, -0.15) is 0 Å². The third kappa shape index (κ3) is 3.42. The number of hydrogen-bond donors (Lipinski definition) is 0. The summed E-state index contributed by atoms with van der Waals surface area (Å²) in [5, 5.41) is 1.23. The minimum atomic E-state index is 0.439. The molecule has 0 saturated carbocycles. The van der Waals surface area contributed by atoms with Crippen LogP contribution in [0.1, 0.15) is 24.8 Å². The Morgan fingerprint density at radius 1 is 1.27 bits per heavy atom. The van der Waals surface area contributed by atoms with E-state index >= 15 is 0 Å². The molecule has 0 aliphatic carbocycles. The van der Waals surface area contributed by atoms with Gasteiger partial charge in [0.25, 0.3) is 0 Å². The van der Waals surface area contributed by atoms with E-state index in [4.69, 9.17) is 11.6 Å². The predicted octanol–water partition coefficient (Wildman–Crippen LogP) is 5.00. The molecule has 0 radical (unpaired) electrons. The molecule has 0 spiro atoms. The summed E-state index contributed by atoms with van der Waals surface area (Å²) < 4.78 is 1.12. The normalized spacial score (nSPS) is 21.4. The van der Waals surface area contributed by atoms with Crippen LogP contribution in [-0.4, -0.2) is 28.8 Å². The van der Waals surface area contributed by atoms with Crippen LogP contribution in [0.25, 0.3) is 0 Å². The van der Waals surface area contributed by atoms with Crippen LogP contribution < -0.4 is 4.90 Å². The number of nitrogens with zero attached hydrogens (tertiary/aromatic N) is 3. The van der Waals surface area contributed by atoms with Gasteiger partial charge >= 0.3 is 0 Å². The molecule has 3 rings (SSSR count). The van der Waals surface area contributed by atoms with Gasteiger partial charge in [-0.1, -0.05) is 51.4 Å². The van der Waals surface area contributed by atoms with Gasteiger partial charge in [0.15, 0.2) is 5.16 Å². The highest BCUT2D eigenvalue weighted by Gasteiger charge is 2.31. The molecule has 2 heterocycles. The standard InChI is InChI=1S/C16H17BrClN3S/c1-10-7-12(11-3-5-13(17)6-4-11)9-21(10)15-8-14(18)19-16(20-15)22-2/h3-6,8,10,12H,7,9H2,1-2H3. The number of thioether (sulfide) groups is 1. The maximum atomic E-state index is 6.13. The van der Waals surface area contributed by atoms with Crippen LogP contribution in [0.3, 0.4) is 0 Å². The second kappa shape index (κ2) is 6.77. The van der Waals surface area contributed by atoms with Crippen molar-refractivity contribution in [1.82, 2.24) is 9.97 Å². The number of halogens is 2. The molecule has 2 unspecified atom stereocenters. The van der Waals surface area contributed by atoms with Crippen molar-refractivity contribution in [3.8, 4) is 0 Å². The first-order valence-electron chi connectivity index (χ1n) is 7.17.